The second kappa shape index (κ2) is 5.58. The third-order valence-corrected chi connectivity index (χ3v) is 3.03. The Morgan fingerprint density at radius 2 is 2.05 bits per heavy atom. The lowest BCUT2D eigenvalue weighted by Gasteiger charge is -2.05. The molecule has 0 atom stereocenters. The van der Waals surface area contributed by atoms with Crippen molar-refractivity contribution in [2.75, 3.05) is 0 Å². The molecule has 1 N–H and O–H groups in total. The molecule has 0 spiro atoms. The van der Waals surface area contributed by atoms with Gasteiger partial charge >= 0.3 is 0 Å². The molecular weight excluding hydrogens is 268 g/mol. The van der Waals surface area contributed by atoms with Crippen molar-refractivity contribution in [1.82, 2.24) is 10.3 Å². The van der Waals surface area contributed by atoms with Gasteiger partial charge in [-0.25, -0.2) is 0 Å². The molecular formula is C16H12N2O3. The molecule has 5 nitrogen and oxygen atoms in total. The van der Waals surface area contributed by atoms with Crippen molar-refractivity contribution in [3.63, 3.8) is 0 Å². The maximum absolute atomic E-state index is 12.0. The second-order valence-electron chi connectivity index (χ2n) is 4.52. The van der Waals surface area contributed by atoms with Gasteiger partial charge in [0, 0.05) is 25.0 Å². The minimum atomic E-state index is -0.429. The number of pyridine rings is 1. The van der Waals surface area contributed by atoms with Crippen LogP contribution in [0.15, 0.2) is 64.1 Å². The lowest BCUT2D eigenvalue weighted by molar-refractivity contribution is 0.0923. The highest BCUT2D eigenvalue weighted by atomic mass is 16.3. The molecule has 0 aliphatic heterocycles. The first-order chi connectivity index (χ1) is 10.2. The summed E-state index contributed by atoms with van der Waals surface area (Å²) in [7, 11) is 0. The molecule has 0 fully saturated rings. The van der Waals surface area contributed by atoms with Gasteiger partial charge in [0.1, 0.15) is 5.58 Å². The number of para-hydroxylation sites is 1. The van der Waals surface area contributed by atoms with E-state index in [1.54, 1.807) is 42.7 Å². The third-order valence-electron chi connectivity index (χ3n) is 3.03. The van der Waals surface area contributed by atoms with E-state index in [2.05, 4.69) is 10.3 Å². The summed E-state index contributed by atoms with van der Waals surface area (Å²) in [5.41, 5.74) is 1.04. The quantitative estimate of drug-likeness (QED) is 0.797. The van der Waals surface area contributed by atoms with Crippen molar-refractivity contribution in [3.05, 3.63) is 76.4 Å². The molecule has 0 saturated carbocycles. The topological polar surface area (TPSA) is 72.2 Å². The number of amides is 1. The average Bonchev–Trinajstić information content (AvgIpc) is 2.53. The van der Waals surface area contributed by atoms with Gasteiger partial charge in [-0.2, -0.15) is 0 Å². The molecule has 21 heavy (non-hydrogen) atoms. The molecule has 0 unspecified atom stereocenters. The van der Waals surface area contributed by atoms with Gasteiger partial charge in [-0.15, -0.1) is 0 Å². The lowest BCUT2D eigenvalue weighted by atomic mass is 10.2. The Labute approximate surface area is 120 Å². The van der Waals surface area contributed by atoms with Crippen molar-refractivity contribution >= 4 is 16.9 Å². The van der Waals surface area contributed by atoms with Crippen LogP contribution in [0.2, 0.25) is 0 Å². The van der Waals surface area contributed by atoms with Crippen molar-refractivity contribution in [3.8, 4) is 0 Å². The van der Waals surface area contributed by atoms with Crippen LogP contribution in [0.25, 0.3) is 11.0 Å². The number of rotatable bonds is 3. The predicted octanol–water partition coefficient (Wildman–Crippen LogP) is 2.12. The first kappa shape index (κ1) is 13.1. The van der Waals surface area contributed by atoms with Crippen LogP contribution >= 0.6 is 0 Å². The second-order valence-corrected chi connectivity index (χ2v) is 4.52. The highest BCUT2D eigenvalue weighted by molar-refractivity contribution is 5.93. The molecule has 0 aliphatic carbocycles. The summed E-state index contributed by atoms with van der Waals surface area (Å²) in [6, 6.07) is 11.7. The number of benzene rings is 1. The predicted molar refractivity (Wildman–Crippen MR) is 77.9 cm³/mol. The van der Waals surface area contributed by atoms with Gasteiger partial charge in [0.15, 0.2) is 11.2 Å². The van der Waals surface area contributed by atoms with E-state index in [4.69, 9.17) is 4.42 Å². The summed E-state index contributed by atoms with van der Waals surface area (Å²) in [5, 5.41) is 3.16. The van der Waals surface area contributed by atoms with Crippen molar-refractivity contribution in [1.29, 1.82) is 0 Å². The number of nitrogens with one attached hydrogen (secondary N) is 1. The average molecular weight is 280 g/mol. The van der Waals surface area contributed by atoms with Gasteiger partial charge < -0.3 is 9.73 Å². The number of hydrogen-bond donors (Lipinski definition) is 1. The Bertz CT molecular complexity index is 841. The molecule has 1 aromatic carbocycles. The Morgan fingerprint density at radius 3 is 2.86 bits per heavy atom. The summed E-state index contributed by atoms with van der Waals surface area (Å²) in [6.07, 6.45) is 3.32. The lowest BCUT2D eigenvalue weighted by Crippen LogP contribution is -2.24. The number of nitrogens with zero attached hydrogens (tertiary/aromatic N) is 1. The van der Waals surface area contributed by atoms with Crippen LogP contribution < -0.4 is 10.7 Å². The third kappa shape index (κ3) is 2.81. The molecule has 0 radical (unpaired) electrons. The maximum atomic E-state index is 12.0. The van der Waals surface area contributed by atoms with Crippen LogP contribution in [0, 0.1) is 0 Å². The normalized spacial score (nSPS) is 10.5. The minimum absolute atomic E-state index is 0.00240. The zero-order valence-electron chi connectivity index (χ0n) is 11.1. The molecule has 3 aromatic rings. The van der Waals surface area contributed by atoms with Crippen LogP contribution in [0.1, 0.15) is 16.1 Å². The molecule has 0 saturated heterocycles. The molecule has 2 heterocycles. The van der Waals surface area contributed by atoms with E-state index in [1.165, 1.54) is 6.07 Å². The molecule has 3 rings (SSSR count). The molecule has 1 amide bonds. The first-order valence-electron chi connectivity index (χ1n) is 6.44. The van der Waals surface area contributed by atoms with Crippen LogP contribution in [0.5, 0.6) is 0 Å². The van der Waals surface area contributed by atoms with Crippen molar-refractivity contribution in [2.45, 2.75) is 6.54 Å². The highest BCUT2D eigenvalue weighted by Gasteiger charge is 2.11. The van der Waals surface area contributed by atoms with E-state index in [1.807, 2.05) is 6.07 Å². The molecule has 0 bridgehead atoms. The standard InChI is InChI=1S/C16H12N2O3/c19-13-8-15(21-14-6-2-1-5-12(13)14)16(20)18-10-11-4-3-7-17-9-11/h1-9H,10H2,(H,18,20). The van der Waals surface area contributed by atoms with E-state index < -0.39 is 5.91 Å². The smallest absolute Gasteiger partial charge is 0.287 e. The van der Waals surface area contributed by atoms with E-state index in [9.17, 15) is 9.59 Å². The SMILES string of the molecule is O=C(NCc1cccnc1)c1cc(=O)c2ccccc2o1. The number of carbonyl (C=O) groups excluding carboxylic acids is 1. The Hall–Kier alpha value is -2.95. The highest BCUT2D eigenvalue weighted by Crippen LogP contribution is 2.11. The fraction of sp³-hybridized carbons (Fsp3) is 0.0625. The first-order valence-corrected chi connectivity index (χ1v) is 6.44. The van der Waals surface area contributed by atoms with Gasteiger partial charge in [0.25, 0.3) is 5.91 Å². The van der Waals surface area contributed by atoms with Crippen molar-refractivity contribution < 1.29 is 9.21 Å². The Morgan fingerprint density at radius 1 is 1.19 bits per heavy atom. The van der Waals surface area contributed by atoms with E-state index in [0.29, 0.717) is 17.5 Å². The van der Waals surface area contributed by atoms with Crippen LogP contribution in [-0.2, 0) is 6.54 Å². The van der Waals surface area contributed by atoms with Gasteiger partial charge in [0.05, 0.1) is 5.39 Å². The summed E-state index contributed by atoms with van der Waals surface area (Å²) < 4.78 is 5.47. The number of fused-ring (bicyclic) bond motifs is 1. The minimum Gasteiger partial charge on any atom is -0.451 e. The molecule has 2 aromatic heterocycles. The van der Waals surface area contributed by atoms with Crippen LogP contribution in [0.4, 0.5) is 0 Å². The van der Waals surface area contributed by atoms with E-state index in [-0.39, 0.29) is 11.2 Å². The van der Waals surface area contributed by atoms with Crippen LogP contribution in [0.3, 0.4) is 0 Å². The summed E-state index contributed by atoms with van der Waals surface area (Å²) in [5.74, 6) is -0.427. The van der Waals surface area contributed by atoms with Gasteiger partial charge in [-0.05, 0) is 23.8 Å². The zero-order chi connectivity index (χ0) is 14.7. The largest absolute Gasteiger partial charge is 0.451 e. The van der Waals surface area contributed by atoms with Gasteiger partial charge in [0.2, 0.25) is 0 Å². The molecule has 104 valence electrons. The maximum Gasteiger partial charge on any atom is 0.287 e. The number of hydrogen-bond acceptors (Lipinski definition) is 4. The van der Waals surface area contributed by atoms with Gasteiger partial charge in [-0.3, -0.25) is 14.6 Å². The number of aromatic nitrogens is 1. The fourth-order valence-electron chi connectivity index (χ4n) is 1.99. The van der Waals surface area contributed by atoms with E-state index >= 15 is 0 Å². The van der Waals surface area contributed by atoms with Crippen LogP contribution in [-0.4, -0.2) is 10.9 Å². The van der Waals surface area contributed by atoms with Crippen molar-refractivity contribution in [2.24, 2.45) is 0 Å². The fourth-order valence-corrected chi connectivity index (χ4v) is 1.99. The summed E-state index contributed by atoms with van der Waals surface area (Å²) in [6.45, 7) is 0.323. The summed E-state index contributed by atoms with van der Waals surface area (Å²) in [4.78, 5) is 27.9. The Kier molecular flexibility index (Phi) is 3.47. The molecule has 0 aliphatic rings. The number of carbonyl (C=O) groups is 1. The zero-order valence-corrected chi connectivity index (χ0v) is 11.1. The Balaban J connectivity index is 1.83. The van der Waals surface area contributed by atoms with Gasteiger partial charge in [-0.1, -0.05) is 18.2 Å². The molecule has 5 heteroatoms. The summed E-state index contributed by atoms with van der Waals surface area (Å²) >= 11 is 0. The monoisotopic (exact) mass is 280 g/mol. The van der Waals surface area contributed by atoms with E-state index in [0.717, 1.165) is 5.56 Å².